The molecule has 0 aliphatic carbocycles. The van der Waals surface area contributed by atoms with Crippen LogP contribution in [0.5, 0.6) is 5.75 Å². The van der Waals surface area contributed by atoms with Crippen LogP contribution in [0.3, 0.4) is 0 Å². The van der Waals surface area contributed by atoms with Crippen molar-refractivity contribution >= 4 is 34.4 Å². The number of nitrogens with two attached hydrogens (primary N) is 1. The van der Waals surface area contributed by atoms with Crippen molar-refractivity contribution in [2.45, 2.75) is 60.4 Å². The zero-order chi connectivity index (χ0) is 26.5. The van der Waals surface area contributed by atoms with Crippen molar-refractivity contribution in [2.24, 2.45) is 10.7 Å². The average Bonchev–Trinajstić information content (AvgIpc) is 3.33. The lowest BCUT2D eigenvalue weighted by Crippen LogP contribution is -2.30. The zero-order valence-electron chi connectivity index (χ0n) is 21.4. The number of alkyl halides is 1. The van der Waals surface area contributed by atoms with Crippen molar-refractivity contribution in [3.05, 3.63) is 58.7 Å². The Morgan fingerprint density at radius 2 is 1.91 bits per heavy atom. The maximum atomic E-state index is 14.0. The van der Waals surface area contributed by atoms with Crippen molar-refractivity contribution in [3.63, 3.8) is 0 Å². The first kappa shape index (κ1) is 29.9. The average molecular weight is 506 g/mol. The summed E-state index contributed by atoms with van der Waals surface area (Å²) in [5.74, 6) is -0.321. The number of para-hydroxylation sites is 2. The number of aromatic amines is 1. The van der Waals surface area contributed by atoms with E-state index in [1.54, 1.807) is 6.92 Å². The Bertz CT molecular complexity index is 1100. The van der Waals surface area contributed by atoms with Crippen LogP contribution in [0.2, 0.25) is 0 Å². The number of aliphatic imine (C=N–C) groups is 1. The summed E-state index contributed by atoms with van der Waals surface area (Å²) >= 11 is 5.64. The molecule has 7 nitrogen and oxygen atoms in total. The molecule has 2 aromatic carbocycles. The Kier molecular flexibility index (Phi) is 12.8. The summed E-state index contributed by atoms with van der Waals surface area (Å²) < 4.78 is 14.0. The number of phenols is 1. The molecule has 1 atom stereocenters. The number of carbonyl (C=O) groups excluding carboxylic acids is 1. The number of aryl methyl sites for hydroxylation is 1. The van der Waals surface area contributed by atoms with E-state index < -0.39 is 17.8 Å². The van der Waals surface area contributed by atoms with Crippen LogP contribution in [0.25, 0.3) is 11.0 Å². The Morgan fingerprint density at radius 3 is 2.54 bits per heavy atom. The van der Waals surface area contributed by atoms with Gasteiger partial charge in [0.05, 0.1) is 28.5 Å². The van der Waals surface area contributed by atoms with Gasteiger partial charge < -0.3 is 21.1 Å². The van der Waals surface area contributed by atoms with E-state index in [4.69, 9.17) is 17.3 Å². The van der Waals surface area contributed by atoms with Crippen LogP contribution in [0.1, 0.15) is 73.9 Å². The van der Waals surface area contributed by atoms with Crippen molar-refractivity contribution in [1.29, 1.82) is 0 Å². The molecule has 5 N–H and O–H groups in total. The number of imidazole rings is 1. The van der Waals surface area contributed by atoms with Gasteiger partial charge in [-0.05, 0) is 50.5 Å². The number of benzene rings is 2. The van der Waals surface area contributed by atoms with E-state index in [0.29, 0.717) is 31.0 Å². The lowest BCUT2D eigenvalue weighted by molar-refractivity contribution is 0.0929. The predicted octanol–water partition coefficient (Wildman–Crippen LogP) is 5.92. The number of fused-ring (bicyclic) bond motifs is 1. The Labute approximate surface area is 212 Å². The standard InChI is InChI=1S/C22H25ClFN5O2.2C2H6/c1-12-10-14(20(30)13(2)19(12)24)22(31)29-17(8-5-9-26-18(25)11-23)21-27-15-6-3-4-7-16(15)28-21;2*1-2/h3-4,6-7,10,17,30H,5,8-9,11H2,1-2H3,(H2,25,26)(H,27,28)(H,29,31);2*1-2H3. The number of amides is 1. The summed E-state index contributed by atoms with van der Waals surface area (Å²) in [6, 6.07) is 8.41. The molecule has 0 saturated heterocycles. The maximum absolute atomic E-state index is 14.0. The number of nitrogens with one attached hydrogen (secondary N) is 2. The van der Waals surface area contributed by atoms with E-state index in [1.165, 1.54) is 13.0 Å². The van der Waals surface area contributed by atoms with Crippen LogP contribution in [-0.4, -0.2) is 39.2 Å². The number of carbonyl (C=O) groups is 1. The van der Waals surface area contributed by atoms with E-state index in [9.17, 15) is 14.3 Å². The number of aromatic hydroxyl groups is 1. The Hall–Kier alpha value is -3.13. The molecule has 3 aromatic rings. The first-order chi connectivity index (χ1) is 16.8. The zero-order valence-corrected chi connectivity index (χ0v) is 22.1. The molecule has 35 heavy (non-hydrogen) atoms. The molecular formula is C26H37ClFN5O2. The summed E-state index contributed by atoms with van der Waals surface area (Å²) in [5, 5.41) is 13.2. The molecule has 9 heteroatoms. The SMILES string of the molecule is CC.CC.Cc1cc(C(=O)NC(CCCN=C(N)CCl)c2nc3ccccc3[nH]2)c(O)c(C)c1F. The normalized spacial score (nSPS) is 11.7. The van der Waals surface area contributed by atoms with Gasteiger partial charge in [0.2, 0.25) is 0 Å². The van der Waals surface area contributed by atoms with Gasteiger partial charge in [0.1, 0.15) is 23.2 Å². The Balaban J connectivity index is 0.00000145. The Morgan fingerprint density at radius 1 is 1.26 bits per heavy atom. The van der Waals surface area contributed by atoms with Gasteiger partial charge in [0, 0.05) is 12.1 Å². The third-order valence-corrected chi connectivity index (χ3v) is 5.31. The molecule has 0 bridgehead atoms. The molecule has 0 aliphatic rings. The molecule has 0 aliphatic heterocycles. The minimum atomic E-state index is -0.530. The summed E-state index contributed by atoms with van der Waals surface area (Å²) in [6.45, 7) is 11.4. The number of nitrogens with zero attached hydrogens (tertiary/aromatic N) is 2. The molecule has 0 spiro atoms. The number of hydrogen-bond acceptors (Lipinski definition) is 4. The quantitative estimate of drug-likeness (QED) is 0.131. The van der Waals surface area contributed by atoms with Gasteiger partial charge in [0.25, 0.3) is 5.91 Å². The summed E-state index contributed by atoms with van der Waals surface area (Å²) in [4.78, 5) is 25.0. The molecule has 0 fully saturated rings. The van der Waals surface area contributed by atoms with Gasteiger partial charge in [-0.15, -0.1) is 11.6 Å². The highest BCUT2D eigenvalue weighted by atomic mass is 35.5. The number of phenolic OH excluding ortho intramolecular Hbond substituents is 1. The fourth-order valence-corrected chi connectivity index (χ4v) is 3.42. The van der Waals surface area contributed by atoms with E-state index in [2.05, 4.69) is 20.3 Å². The second-order valence-corrected chi connectivity index (χ2v) is 7.61. The third-order valence-electron chi connectivity index (χ3n) is 5.04. The number of hydrogen-bond donors (Lipinski definition) is 4. The number of H-pyrrole nitrogens is 1. The van der Waals surface area contributed by atoms with E-state index in [0.717, 1.165) is 11.0 Å². The third kappa shape index (κ3) is 7.96. The van der Waals surface area contributed by atoms with Gasteiger partial charge in [-0.1, -0.05) is 39.8 Å². The van der Waals surface area contributed by atoms with Crippen molar-refractivity contribution in [3.8, 4) is 5.75 Å². The highest BCUT2D eigenvalue weighted by molar-refractivity contribution is 6.27. The van der Waals surface area contributed by atoms with Crippen LogP contribution < -0.4 is 11.1 Å². The highest BCUT2D eigenvalue weighted by Gasteiger charge is 2.23. The fourth-order valence-electron chi connectivity index (χ4n) is 3.33. The summed E-state index contributed by atoms with van der Waals surface area (Å²) in [6.07, 6.45) is 1.14. The largest absolute Gasteiger partial charge is 0.507 e. The smallest absolute Gasteiger partial charge is 0.255 e. The molecule has 1 unspecified atom stereocenters. The van der Waals surface area contributed by atoms with Crippen LogP contribution in [0.15, 0.2) is 35.3 Å². The molecule has 1 aromatic heterocycles. The first-order valence-electron chi connectivity index (χ1n) is 11.9. The van der Waals surface area contributed by atoms with Gasteiger partial charge in [-0.3, -0.25) is 9.79 Å². The molecule has 1 amide bonds. The van der Waals surface area contributed by atoms with Gasteiger partial charge in [-0.2, -0.15) is 0 Å². The molecule has 1 heterocycles. The van der Waals surface area contributed by atoms with Gasteiger partial charge >= 0.3 is 0 Å². The van der Waals surface area contributed by atoms with Crippen LogP contribution in [0.4, 0.5) is 4.39 Å². The maximum Gasteiger partial charge on any atom is 0.255 e. The minimum absolute atomic E-state index is 0.0157. The second-order valence-electron chi connectivity index (χ2n) is 7.34. The predicted molar refractivity (Wildman–Crippen MR) is 143 cm³/mol. The minimum Gasteiger partial charge on any atom is -0.507 e. The van der Waals surface area contributed by atoms with E-state index in [1.807, 2.05) is 52.0 Å². The van der Waals surface area contributed by atoms with Gasteiger partial charge in [-0.25, -0.2) is 9.37 Å². The topological polar surface area (TPSA) is 116 Å². The highest BCUT2D eigenvalue weighted by Crippen LogP contribution is 2.28. The lowest BCUT2D eigenvalue weighted by atomic mass is 10.0. The lowest BCUT2D eigenvalue weighted by Gasteiger charge is -2.18. The van der Waals surface area contributed by atoms with Crippen molar-refractivity contribution in [1.82, 2.24) is 15.3 Å². The van der Waals surface area contributed by atoms with Crippen molar-refractivity contribution in [2.75, 3.05) is 12.4 Å². The molecule has 192 valence electrons. The molecule has 0 radical (unpaired) electrons. The summed E-state index contributed by atoms with van der Waals surface area (Å²) in [5.41, 5.74) is 7.60. The monoisotopic (exact) mass is 505 g/mol. The second kappa shape index (κ2) is 15.0. The van der Waals surface area contributed by atoms with Gasteiger partial charge in [0.15, 0.2) is 0 Å². The number of halogens is 2. The van der Waals surface area contributed by atoms with Crippen molar-refractivity contribution < 1.29 is 14.3 Å². The number of aromatic nitrogens is 2. The van der Waals surface area contributed by atoms with Crippen LogP contribution >= 0.6 is 11.6 Å². The summed E-state index contributed by atoms with van der Waals surface area (Å²) in [7, 11) is 0. The molecule has 0 saturated carbocycles. The van der Waals surface area contributed by atoms with E-state index in [-0.39, 0.29) is 28.3 Å². The van der Waals surface area contributed by atoms with Crippen LogP contribution in [-0.2, 0) is 0 Å². The fraction of sp³-hybridized carbons (Fsp3) is 0.423. The van der Waals surface area contributed by atoms with Crippen LogP contribution in [0, 0.1) is 19.7 Å². The first-order valence-corrected chi connectivity index (χ1v) is 12.4. The number of rotatable bonds is 8. The number of amidine groups is 1. The van der Waals surface area contributed by atoms with E-state index >= 15 is 0 Å². The molecule has 3 rings (SSSR count). The molecular weight excluding hydrogens is 469 g/mol.